The molecule has 1 heteroatoms. The Morgan fingerprint density at radius 2 is 2.17 bits per heavy atom. The summed E-state index contributed by atoms with van der Waals surface area (Å²) in [4.78, 5) is 4.35. The maximum absolute atomic E-state index is 4.35. The van der Waals surface area contributed by atoms with Crippen molar-refractivity contribution in [1.29, 1.82) is 0 Å². The molecule has 0 N–H and O–H groups in total. The highest BCUT2D eigenvalue weighted by atomic mass is 14.7. The molecule has 0 atom stereocenters. The molecule has 0 unspecified atom stereocenters. The van der Waals surface area contributed by atoms with Crippen LogP contribution in [0.5, 0.6) is 0 Å². The molecule has 0 aliphatic rings. The van der Waals surface area contributed by atoms with Gasteiger partial charge >= 0.3 is 0 Å². The van der Waals surface area contributed by atoms with Crippen LogP contribution in [0.3, 0.4) is 0 Å². The zero-order valence-corrected chi connectivity index (χ0v) is 7.96. The molecule has 0 heterocycles. The maximum Gasteiger partial charge on any atom is 0.0686 e. The predicted molar refractivity (Wildman–Crippen MR) is 54.4 cm³/mol. The van der Waals surface area contributed by atoms with Gasteiger partial charge in [-0.05, 0) is 31.4 Å². The van der Waals surface area contributed by atoms with Crippen LogP contribution in [0.4, 0.5) is 5.69 Å². The molecule has 0 aliphatic carbocycles. The van der Waals surface area contributed by atoms with Crippen molar-refractivity contribution in [3.05, 3.63) is 29.3 Å². The molecule has 0 bridgehead atoms. The molecule has 1 aromatic rings. The van der Waals surface area contributed by atoms with Gasteiger partial charge in [0.1, 0.15) is 0 Å². The molecule has 0 spiro atoms. The Labute approximate surface area is 74.2 Å². The van der Waals surface area contributed by atoms with E-state index in [1.54, 1.807) is 0 Å². The molecule has 0 amide bonds. The van der Waals surface area contributed by atoms with Crippen LogP contribution in [-0.4, -0.2) is 6.21 Å². The summed E-state index contributed by atoms with van der Waals surface area (Å²) >= 11 is 0. The number of nitrogens with zero attached hydrogens (tertiary/aromatic N) is 1. The minimum absolute atomic E-state index is 1.05. The van der Waals surface area contributed by atoms with E-state index in [4.69, 9.17) is 0 Å². The average molecular weight is 161 g/mol. The molecule has 1 nitrogen and oxygen atoms in total. The molecule has 0 radical (unpaired) electrons. The first kappa shape index (κ1) is 8.98. The van der Waals surface area contributed by atoms with Crippen molar-refractivity contribution in [2.75, 3.05) is 0 Å². The summed E-state index contributed by atoms with van der Waals surface area (Å²) in [6, 6.07) is 6.32. The molecule has 1 aromatic carbocycles. The largest absolute Gasteiger partial charge is 0.261 e. The van der Waals surface area contributed by atoms with Gasteiger partial charge in [0.2, 0.25) is 0 Å². The number of benzene rings is 1. The molecule has 0 aromatic heterocycles. The van der Waals surface area contributed by atoms with Crippen LogP contribution in [0.25, 0.3) is 0 Å². The Hall–Kier alpha value is -1.11. The van der Waals surface area contributed by atoms with Crippen molar-refractivity contribution in [2.24, 2.45) is 4.99 Å². The molecule has 0 fully saturated rings. The lowest BCUT2D eigenvalue weighted by molar-refractivity contribution is 1.12. The average Bonchev–Trinajstić information content (AvgIpc) is 2.09. The van der Waals surface area contributed by atoms with Crippen molar-refractivity contribution >= 4 is 11.9 Å². The molecule has 12 heavy (non-hydrogen) atoms. The zero-order valence-electron chi connectivity index (χ0n) is 7.96. The monoisotopic (exact) mass is 161 g/mol. The van der Waals surface area contributed by atoms with Crippen molar-refractivity contribution in [2.45, 2.75) is 27.2 Å². The van der Waals surface area contributed by atoms with Crippen LogP contribution in [0.15, 0.2) is 23.2 Å². The summed E-state index contributed by atoms with van der Waals surface area (Å²) in [7, 11) is 0. The smallest absolute Gasteiger partial charge is 0.0686 e. The lowest BCUT2D eigenvalue weighted by atomic mass is 10.1. The first-order valence-corrected chi connectivity index (χ1v) is 4.36. The number of hydrogen-bond acceptors (Lipinski definition) is 1. The molecule has 64 valence electrons. The zero-order chi connectivity index (χ0) is 8.97. The standard InChI is InChI=1S/C11H15N/c1-4-10-8-6-7-9(3)11(10)12-5-2/h5-8H,4H2,1-3H3/b12-5-. The fourth-order valence-electron chi connectivity index (χ4n) is 1.32. The van der Waals surface area contributed by atoms with Crippen molar-refractivity contribution in [1.82, 2.24) is 0 Å². The van der Waals surface area contributed by atoms with Gasteiger partial charge in [-0.25, -0.2) is 0 Å². The highest BCUT2D eigenvalue weighted by molar-refractivity contribution is 5.64. The third-order valence-corrected chi connectivity index (χ3v) is 1.96. The first-order chi connectivity index (χ1) is 5.79. The third kappa shape index (κ3) is 1.73. The van der Waals surface area contributed by atoms with Crippen molar-refractivity contribution < 1.29 is 0 Å². The molecule has 0 aliphatic heterocycles. The van der Waals surface area contributed by atoms with E-state index in [0.29, 0.717) is 0 Å². The summed E-state index contributed by atoms with van der Waals surface area (Å²) in [5.41, 5.74) is 3.73. The van der Waals surface area contributed by atoms with Gasteiger partial charge in [0.05, 0.1) is 5.69 Å². The Bertz CT molecular complexity index is 287. The predicted octanol–water partition coefficient (Wildman–Crippen LogP) is 3.28. The Morgan fingerprint density at radius 1 is 1.42 bits per heavy atom. The highest BCUT2D eigenvalue weighted by Gasteiger charge is 1.99. The van der Waals surface area contributed by atoms with Gasteiger partial charge in [-0.2, -0.15) is 0 Å². The second-order valence-corrected chi connectivity index (χ2v) is 2.82. The molecule has 0 saturated heterocycles. The SMILES string of the molecule is C/C=N\c1c(C)cccc1CC. The number of aryl methyl sites for hydroxylation is 2. The quantitative estimate of drug-likeness (QED) is 0.590. The normalized spacial score (nSPS) is 10.9. The van der Waals surface area contributed by atoms with Crippen LogP contribution < -0.4 is 0 Å². The number of hydrogen-bond donors (Lipinski definition) is 0. The van der Waals surface area contributed by atoms with Gasteiger partial charge in [0.25, 0.3) is 0 Å². The second-order valence-electron chi connectivity index (χ2n) is 2.82. The van der Waals surface area contributed by atoms with E-state index < -0.39 is 0 Å². The fraction of sp³-hybridized carbons (Fsp3) is 0.364. The van der Waals surface area contributed by atoms with Crippen molar-refractivity contribution in [3.63, 3.8) is 0 Å². The van der Waals surface area contributed by atoms with Gasteiger partial charge in [-0.1, -0.05) is 25.1 Å². The third-order valence-electron chi connectivity index (χ3n) is 1.96. The van der Waals surface area contributed by atoms with Crippen LogP contribution in [-0.2, 0) is 6.42 Å². The highest BCUT2D eigenvalue weighted by Crippen LogP contribution is 2.23. The van der Waals surface area contributed by atoms with Gasteiger partial charge in [0.15, 0.2) is 0 Å². The van der Waals surface area contributed by atoms with E-state index >= 15 is 0 Å². The van der Waals surface area contributed by atoms with Gasteiger partial charge in [-0.3, -0.25) is 4.99 Å². The Balaban J connectivity index is 3.19. The van der Waals surface area contributed by atoms with E-state index in [1.165, 1.54) is 11.1 Å². The van der Waals surface area contributed by atoms with Gasteiger partial charge in [0, 0.05) is 6.21 Å². The topological polar surface area (TPSA) is 12.4 Å². The second kappa shape index (κ2) is 4.05. The summed E-state index contributed by atoms with van der Waals surface area (Å²) in [6.07, 6.45) is 2.90. The van der Waals surface area contributed by atoms with Crippen LogP contribution in [0.1, 0.15) is 25.0 Å². The summed E-state index contributed by atoms with van der Waals surface area (Å²) < 4.78 is 0. The van der Waals surface area contributed by atoms with Crippen molar-refractivity contribution in [3.8, 4) is 0 Å². The molecular formula is C11H15N. The summed E-state index contributed by atoms with van der Waals surface area (Å²) in [5, 5.41) is 0. The number of para-hydroxylation sites is 1. The minimum atomic E-state index is 1.05. The van der Waals surface area contributed by atoms with Crippen LogP contribution >= 0.6 is 0 Å². The van der Waals surface area contributed by atoms with E-state index in [1.807, 2.05) is 13.1 Å². The van der Waals surface area contributed by atoms with E-state index in [9.17, 15) is 0 Å². The summed E-state index contributed by atoms with van der Waals surface area (Å²) in [5.74, 6) is 0. The van der Waals surface area contributed by atoms with Gasteiger partial charge in [-0.15, -0.1) is 0 Å². The first-order valence-electron chi connectivity index (χ1n) is 4.36. The number of rotatable bonds is 2. The Kier molecular flexibility index (Phi) is 3.03. The molecule has 1 rings (SSSR count). The lowest BCUT2D eigenvalue weighted by Gasteiger charge is -2.04. The van der Waals surface area contributed by atoms with E-state index in [-0.39, 0.29) is 0 Å². The van der Waals surface area contributed by atoms with Crippen LogP contribution in [0, 0.1) is 6.92 Å². The van der Waals surface area contributed by atoms with E-state index in [0.717, 1.165) is 12.1 Å². The van der Waals surface area contributed by atoms with Gasteiger partial charge < -0.3 is 0 Å². The molecule has 0 saturated carbocycles. The molecular weight excluding hydrogens is 146 g/mol. The van der Waals surface area contributed by atoms with E-state index in [2.05, 4.69) is 37.0 Å². The fourth-order valence-corrected chi connectivity index (χ4v) is 1.32. The van der Waals surface area contributed by atoms with Crippen LogP contribution in [0.2, 0.25) is 0 Å². The minimum Gasteiger partial charge on any atom is -0.261 e. The summed E-state index contributed by atoms with van der Waals surface area (Å²) in [6.45, 7) is 6.21. The Morgan fingerprint density at radius 3 is 2.75 bits per heavy atom. The number of aliphatic imine (C=N–C) groups is 1. The lowest BCUT2D eigenvalue weighted by Crippen LogP contribution is -1.84. The maximum atomic E-state index is 4.35.